The van der Waals surface area contributed by atoms with E-state index in [2.05, 4.69) is 15.1 Å². The summed E-state index contributed by atoms with van der Waals surface area (Å²) in [6, 6.07) is 18.4. The van der Waals surface area contributed by atoms with Gasteiger partial charge in [-0.15, -0.1) is 0 Å². The van der Waals surface area contributed by atoms with Crippen LogP contribution in [0.2, 0.25) is 5.15 Å². The number of furan rings is 1. The highest BCUT2D eigenvalue weighted by atomic mass is 35.5. The van der Waals surface area contributed by atoms with Crippen LogP contribution in [0.25, 0.3) is 5.69 Å². The third kappa shape index (κ3) is 4.59. The molecule has 2 heterocycles. The van der Waals surface area contributed by atoms with Gasteiger partial charge in [0.1, 0.15) is 16.5 Å². The van der Waals surface area contributed by atoms with Crippen LogP contribution in [0.3, 0.4) is 0 Å². The molecule has 0 bridgehead atoms. The van der Waals surface area contributed by atoms with Gasteiger partial charge >= 0.3 is 0 Å². The SMILES string of the molecule is Cc1nn(-c2ccccc2)c(Cl)c1C(=O)Nc1ccc(S(=O)(=O)NCc2ccco2)cc1. The van der Waals surface area contributed by atoms with E-state index in [4.69, 9.17) is 16.0 Å². The van der Waals surface area contributed by atoms with Gasteiger partial charge in [-0.3, -0.25) is 4.79 Å². The molecule has 0 unspecified atom stereocenters. The Morgan fingerprint density at radius 2 is 1.78 bits per heavy atom. The first kappa shape index (κ1) is 21.8. The highest BCUT2D eigenvalue weighted by Crippen LogP contribution is 2.25. The van der Waals surface area contributed by atoms with E-state index >= 15 is 0 Å². The van der Waals surface area contributed by atoms with Crippen LogP contribution >= 0.6 is 11.6 Å². The van der Waals surface area contributed by atoms with Gasteiger partial charge in [0, 0.05) is 5.69 Å². The molecule has 0 saturated heterocycles. The lowest BCUT2D eigenvalue weighted by Crippen LogP contribution is -2.23. The van der Waals surface area contributed by atoms with E-state index in [0.29, 0.717) is 17.1 Å². The van der Waals surface area contributed by atoms with Crippen LogP contribution in [0.1, 0.15) is 21.8 Å². The lowest BCUT2D eigenvalue weighted by molar-refractivity contribution is 0.102. The summed E-state index contributed by atoms with van der Waals surface area (Å²) in [6.45, 7) is 1.73. The number of rotatable bonds is 7. The molecular weight excluding hydrogens is 452 g/mol. The first-order chi connectivity index (χ1) is 15.3. The summed E-state index contributed by atoms with van der Waals surface area (Å²) in [5, 5.41) is 7.28. The molecule has 0 fully saturated rings. The quantitative estimate of drug-likeness (QED) is 0.422. The molecule has 0 spiro atoms. The first-order valence-corrected chi connectivity index (χ1v) is 11.5. The number of hydrogen-bond acceptors (Lipinski definition) is 5. The lowest BCUT2D eigenvalue weighted by Gasteiger charge is -2.08. The first-order valence-electron chi connectivity index (χ1n) is 9.59. The number of carbonyl (C=O) groups excluding carboxylic acids is 1. The van der Waals surface area contributed by atoms with Crippen molar-refractivity contribution in [2.75, 3.05) is 5.32 Å². The summed E-state index contributed by atoms with van der Waals surface area (Å²) in [4.78, 5) is 12.9. The molecule has 10 heteroatoms. The van der Waals surface area contributed by atoms with Crippen molar-refractivity contribution in [1.29, 1.82) is 0 Å². The van der Waals surface area contributed by atoms with Gasteiger partial charge in [-0.05, 0) is 55.5 Å². The maximum Gasteiger partial charge on any atom is 0.260 e. The Kier molecular flexibility index (Phi) is 6.13. The van der Waals surface area contributed by atoms with E-state index in [1.165, 1.54) is 35.2 Å². The van der Waals surface area contributed by atoms with Crippen LogP contribution < -0.4 is 10.0 Å². The van der Waals surface area contributed by atoms with Crippen LogP contribution in [0.5, 0.6) is 0 Å². The van der Waals surface area contributed by atoms with Gasteiger partial charge in [0.05, 0.1) is 29.1 Å². The molecule has 2 N–H and O–H groups in total. The molecule has 2 aromatic carbocycles. The molecule has 32 heavy (non-hydrogen) atoms. The molecule has 4 aromatic rings. The number of aromatic nitrogens is 2. The fourth-order valence-electron chi connectivity index (χ4n) is 3.07. The molecule has 0 radical (unpaired) electrons. The highest BCUT2D eigenvalue weighted by Gasteiger charge is 2.21. The maximum atomic E-state index is 12.8. The van der Waals surface area contributed by atoms with Crippen LogP contribution in [0.4, 0.5) is 5.69 Å². The van der Waals surface area contributed by atoms with Crippen LogP contribution in [-0.2, 0) is 16.6 Å². The van der Waals surface area contributed by atoms with Crippen molar-refractivity contribution in [3.05, 3.63) is 95.2 Å². The topological polar surface area (TPSA) is 106 Å². The minimum absolute atomic E-state index is 0.0387. The summed E-state index contributed by atoms with van der Waals surface area (Å²) < 4.78 is 34.0. The van der Waals surface area contributed by atoms with Gasteiger partial charge in [-0.25, -0.2) is 17.8 Å². The van der Waals surface area contributed by atoms with Crippen molar-refractivity contribution in [2.24, 2.45) is 0 Å². The van der Waals surface area contributed by atoms with E-state index in [1.807, 2.05) is 30.3 Å². The average molecular weight is 471 g/mol. The third-order valence-corrected chi connectivity index (χ3v) is 6.44. The molecule has 0 saturated carbocycles. The second kappa shape index (κ2) is 8.99. The van der Waals surface area contributed by atoms with E-state index in [-0.39, 0.29) is 22.2 Å². The molecule has 164 valence electrons. The van der Waals surface area contributed by atoms with E-state index in [0.717, 1.165) is 5.69 Å². The zero-order valence-corrected chi connectivity index (χ0v) is 18.5. The van der Waals surface area contributed by atoms with Crippen molar-refractivity contribution in [1.82, 2.24) is 14.5 Å². The Hall–Kier alpha value is -3.40. The van der Waals surface area contributed by atoms with Gasteiger partial charge in [0.2, 0.25) is 10.0 Å². The normalized spacial score (nSPS) is 11.4. The number of anilines is 1. The number of sulfonamides is 1. The third-order valence-electron chi connectivity index (χ3n) is 4.67. The number of nitrogens with one attached hydrogen (secondary N) is 2. The molecular formula is C22H19ClN4O4S. The van der Waals surface area contributed by atoms with Gasteiger partial charge < -0.3 is 9.73 Å². The largest absolute Gasteiger partial charge is 0.468 e. The Morgan fingerprint density at radius 1 is 1.06 bits per heavy atom. The Balaban J connectivity index is 1.48. The van der Waals surface area contributed by atoms with Crippen molar-refractivity contribution < 1.29 is 17.6 Å². The molecule has 0 aliphatic carbocycles. The Morgan fingerprint density at radius 3 is 2.44 bits per heavy atom. The fourth-order valence-corrected chi connectivity index (χ4v) is 4.42. The van der Waals surface area contributed by atoms with E-state index in [1.54, 1.807) is 19.1 Å². The number of nitrogens with zero attached hydrogens (tertiary/aromatic N) is 2. The van der Waals surface area contributed by atoms with Crippen molar-refractivity contribution in [2.45, 2.75) is 18.4 Å². The molecule has 8 nitrogen and oxygen atoms in total. The lowest BCUT2D eigenvalue weighted by atomic mass is 10.2. The van der Waals surface area contributed by atoms with Gasteiger partial charge in [0.25, 0.3) is 5.91 Å². The van der Waals surface area contributed by atoms with Crippen molar-refractivity contribution in [3.8, 4) is 5.69 Å². The minimum Gasteiger partial charge on any atom is -0.468 e. The predicted octanol–water partition coefficient (Wildman–Crippen LogP) is 4.16. The van der Waals surface area contributed by atoms with Gasteiger partial charge in [-0.2, -0.15) is 5.10 Å². The Bertz CT molecular complexity index is 1330. The highest BCUT2D eigenvalue weighted by molar-refractivity contribution is 7.89. The summed E-state index contributed by atoms with van der Waals surface area (Å²) in [6.07, 6.45) is 1.47. The zero-order chi connectivity index (χ0) is 22.7. The summed E-state index contributed by atoms with van der Waals surface area (Å²) in [5.74, 6) is 0.0574. The van der Waals surface area contributed by atoms with Crippen molar-refractivity contribution >= 4 is 33.2 Å². The van der Waals surface area contributed by atoms with E-state index in [9.17, 15) is 13.2 Å². The second-order valence-electron chi connectivity index (χ2n) is 6.88. The fraction of sp³-hybridized carbons (Fsp3) is 0.0909. The van der Waals surface area contributed by atoms with Gasteiger partial charge in [-0.1, -0.05) is 29.8 Å². The minimum atomic E-state index is -3.73. The average Bonchev–Trinajstić information content (AvgIpc) is 3.41. The summed E-state index contributed by atoms with van der Waals surface area (Å²) >= 11 is 6.43. The molecule has 0 atom stereocenters. The number of hydrogen-bond donors (Lipinski definition) is 2. The molecule has 4 rings (SSSR count). The number of aryl methyl sites for hydroxylation is 1. The number of halogens is 1. The number of benzene rings is 2. The molecule has 1 amide bonds. The predicted molar refractivity (Wildman–Crippen MR) is 120 cm³/mol. The smallest absolute Gasteiger partial charge is 0.260 e. The molecule has 2 aromatic heterocycles. The van der Waals surface area contributed by atoms with Crippen LogP contribution in [0, 0.1) is 6.92 Å². The monoisotopic (exact) mass is 470 g/mol. The standard InChI is InChI=1S/C22H19ClN4O4S/c1-15-20(21(23)27(26-15)17-6-3-2-4-7-17)22(28)25-16-9-11-19(12-10-16)32(29,30)24-14-18-8-5-13-31-18/h2-13,24H,14H2,1H3,(H,25,28). The molecule has 0 aliphatic heterocycles. The molecule has 0 aliphatic rings. The number of amides is 1. The number of carbonyl (C=O) groups is 1. The summed E-state index contributed by atoms with van der Waals surface area (Å²) in [5.41, 5.74) is 1.86. The second-order valence-corrected chi connectivity index (χ2v) is 9.01. The maximum absolute atomic E-state index is 12.8. The summed E-state index contributed by atoms with van der Waals surface area (Å²) in [7, 11) is -3.73. The van der Waals surface area contributed by atoms with Crippen molar-refractivity contribution in [3.63, 3.8) is 0 Å². The van der Waals surface area contributed by atoms with Crippen LogP contribution in [0.15, 0.2) is 82.3 Å². The number of para-hydroxylation sites is 1. The van der Waals surface area contributed by atoms with E-state index < -0.39 is 15.9 Å². The van der Waals surface area contributed by atoms with Gasteiger partial charge in [0.15, 0.2) is 0 Å². The van der Waals surface area contributed by atoms with Crippen LogP contribution in [-0.4, -0.2) is 24.1 Å². The Labute approximate surface area is 189 Å². The zero-order valence-electron chi connectivity index (χ0n) is 16.9.